The molecule has 0 aliphatic rings. The van der Waals surface area contributed by atoms with E-state index < -0.39 is 0 Å². The van der Waals surface area contributed by atoms with Gasteiger partial charge in [0.05, 0.1) is 11.4 Å². The largest absolute Gasteiger partial charge is 0.255 e. The summed E-state index contributed by atoms with van der Waals surface area (Å²) in [4.78, 5) is 9.18. The van der Waals surface area contributed by atoms with E-state index in [0.717, 1.165) is 17.8 Å². The van der Waals surface area contributed by atoms with E-state index in [2.05, 4.69) is 44.0 Å². The molecular weight excluding hydrogens is 232 g/mol. The highest BCUT2D eigenvalue weighted by Crippen LogP contribution is 2.18. The van der Waals surface area contributed by atoms with Crippen LogP contribution in [-0.2, 0) is 6.42 Å². The van der Waals surface area contributed by atoms with Gasteiger partial charge >= 0.3 is 0 Å². The number of nitrogens with zero attached hydrogens (tertiary/aromatic N) is 2. The zero-order valence-corrected chi connectivity index (χ0v) is 12.1. The fraction of sp³-hybridized carbons (Fsp3) is 0.412. The Bertz CT molecular complexity index is 547. The lowest BCUT2D eigenvalue weighted by molar-refractivity contribution is 0.707. The molecule has 2 heteroatoms. The Labute approximate surface area is 115 Å². The molecule has 0 radical (unpaired) electrons. The number of aryl methyl sites for hydroxylation is 3. The molecule has 100 valence electrons. The molecule has 0 fully saturated rings. The molecule has 0 aliphatic carbocycles. The monoisotopic (exact) mass is 254 g/mol. The second-order valence-electron chi connectivity index (χ2n) is 5.20. The average Bonchev–Trinajstić information content (AvgIpc) is 2.38. The lowest BCUT2D eigenvalue weighted by Crippen LogP contribution is -1.96. The fourth-order valence-corrected chi connectivity index (χ4v) is 2.23. The third kappa shape index (κ3) is 3.88. The number of aromatic nitrogens is 2. The third-order valence-electron chi connectivity index (χ3n) is 3.24. The first-order valence-electron chi connectivity index (χ1n) is 7.09. The molecule has 0 aliphatic heterocycles. The predicted molar refractivity (Wildman–Crippen MR) is 80.2 cm³/mol. The molecule has 2 nitrogen and oxygen atoms in total. The van der Waals surface area contributed by atoms with Gasteiger partial charge in [-0.25, -0.2) is 0 Å². The Morgan fingerprint density at radius 3 is 2.47 bits per heavy atom. The molecule has 0 saturated carbocycles. The maximum atomic E-state index is 4.75. The number of pyridine rings is 2. The van der Waals surface area contributed by atoms with E-state index >= 15 is 0 Å². The quantitative estimate of drug-likeness (QED) is 0.734. The molecule has 0 aromatic carbocycles. The van der Waals surface area contributed by atoms with Crippen molar-refractivity contribution in [3.05, 3.63) is 47.3 Å². The Morgan fingerprint density at radius 1 is 0.947 bits per heavy atom. The number of unbranched alkanes of at least 4 members (excludes halogenated alkanes) is 2. The number of hydrogen-bond donors (Lipinski definition) is 0. The molecule has 0 spiro atoms. The second-order valence-corrected chi connectivity index (χ2v) is 5.20. The van der Waals surface area contributed by atoms with Gasteiger partial charge in [-0.3, -0.25) is 9.97 Å². The maximum Gasteiger partial charge on any atom is 0.0892 e. The van der Waals surface area contributed by atoms with Crippen molar-refractivity contribution in [3.63, 3.8) is 0 Å². The van der Waals surface area contributed by atoms with E-state index in [0.29, 0.717) is 0 Å². The molecule has 2 aromatic heterocycles. The minimum atomic E-state index is 0.973. The molecule has 2 heterocycles. The van der Waals surface area contributed by atoms with Crippen molar-refractivity contribution in [1.82, 2.24) is 9.97 Å². The molecule has 19 heavy (non-hydrogen) atoms. The van der Waals surface area contributed by atoms with Crippen molar-refractivity contribution < 1.29 is 0 Å². The molecule has 0 atom stereocenters. The van der Waals surface area contributed by atoms with Crippen LogP contribution in [-0.4, -0.2) is 9.97 Å². The van der Waals surface area contributed by atoms with Crippen LogP contribution in [0.2, 0.25) is 0 Å². The topological polar surface area (TPSA) is 25.8 Å². The van der Waals surface area contributed by atoms with E-state index in [-0.39, 0.29) is 0 Å². The Hall–Kier alpha value is -1.70. The first kappa shape index (κ1) is 13.7. The summed E-state index contributed by atoms with van der Waals surface area (Å²) in [7, 11) is 0. The molecule has 0 N–H and O–H groups in total. The van der Waals surface area contributed by atoms with Gasteiger partial charge in [0.25, 0.3) is 0 Å². The van der Waals surface area contributed by atoms with Gasteiger partial charge in [-0.2, -0.15) is 0 Å². The molecule has 0 amide bonds. The minimum absolute atomic E-state index is 0.973. The standard InChI is InChI=1S/C17H22N2/c1-4-5-6-7-15-10-14(3)12-17(19-15)16-11-13(2)8-9-18-16/h8-12H,4-7H2,1-3H3. The smallest absolute Gasteiger partial charge is 0.0892 e. The summed E-state index contributed by atoms with van der Waals surface area (Å²) in [6.07, 6.45) is 6.65. The van der Waals surface area contributed by atoms with Crippen molar-refractivity contribution in [2.75, 3.05) is 0 Å². The first-order valence-corrected chi connectivity index (χ1v) is 7.09. The van der Waals surface area contributed by atoms with Crippen LogP contribution in [0.4, 0.5) is 0 Å². The predicted octanol–water partition coefficient (Wildman–Crippen LogP) is 4.49. The first-order chi connectivity index (χ1) is 9.19. The van der Waals surface area contributed by atoms with E-state index in [4.69, 9.17) is 4.98 Å². The van der Waals surface area contributed by atoms with Crippen LogP contribution in [0.25, 0.3) is 11.4 Å². The van der Waals surface area contributed by atoms with Crippen LogP contribution in [0.1, 0.15) is 43.0 Å². The van der Waals surface area contributed by atoms with Gasteiger partial charge < -0.3 is 0 Å². The zero-order valence-electron chi connectivity index (χ0n) is 12.1. The summed E-state index contributed by atoms with van der Waals surface area (Å²) >= 11 is 0. The summed E-state index contributed by atoms with van der Waals surface area (Å²) < 4.78 is 0. The van der Waals surface area contributed by atoms with Gasteiger partial charge in [-0.05, 0) is 62.1 Å². The van der Waals surface area contributed by atoms with E-state index in [1.807, 2.05) is 12.3 Å². The second kappa shape index (κ2) is 6.46. The molecular formula is C17H22N2. The average molecular weight is 254 g/mol. The summed E-state index contributed by atoms with van der Waals surface area (Å²) in [5, 5.41) is 0. The zero-order chi connectivity index (χ0) is 13.7. The van der Waals surface area contributed by atoms with Crippen molar-refractivity contribution >= 4 is 0 Å². The molecule has 2 aromatic rings. The number of hydrogen-bond acceptors (Lipinski definition) is 2. The SMILES string of the molecule is CCCCCc1cc(C)cc(-c2cc(C)ccn2)n1. The molecule has 2 rings (SSSR count). The molecule has 0 unspecified atom stereocenters. The van der Waals surface area contributed by atoms with E-state index in [1.54, 1.807) is 0 Å². The van der Waals surface area contributed by atoms with Crippen LogP contribution in [0.3, 0.4) is 0 Å². The highest BCUT2D eigenvalue weighted by Gasteiger charge is 2.05. The molecule has 0 saturated heterocycles. The van der Waals surface area contributed by atoms with Gasteiger partial charge in [0, 0.05) is 11.9 Å². The maximum absolute atomic E-state index is 4.75. The summed E-state index contributed by atoms with van der Waals surface area (Å²) in [5.74, 6) is 0. The third-order valence-corrected chi connectivity index (χ3v) is 3.24. The van der Waals surface area contributed by atoms with Crippen molar-refractivity contribution in [2.24, 2.45) is 0 Å². The van der Waals surface area contributed by atoms with Crippen molar-refractivity contribution in [1.29, 1.82) is 0 Å². The van der Waals surface area contributed by atoms with Crippen LogP contribution in [0, 0.1) is 13.8 Å². The van der Waals surface area contributed by atoms with Gasteiger partial charge in [-0.1, -0.05) is 19.8 Å². The van der Waals surface area contributed by atoms with Gasteiger partial charge in [0.2, 0.25) is 0 Å². The van der Waals surface area contributed by atoms with Gasteiger partial charge in [-0.15, -0.1) is 0 Å². The summed E-state index contributed by atoms with van der Waals surface area (Å²) in [6, 6.07) is 8.42. The Balaban J connectivity index is 2.26. The van der Waals surface area contributed by atoms with Crippen LogP contribution in [0.5, 0.6) is 0 Å². The minimum Gasteiger partial charge on any atom is -0.255 e. The van der Waals surface area contributed by atoms with Crippen LogP contribution in [0.15, 0.2) is 30.5 Å². The lowest BCUT2D eigenvalue weighted by Gasteiger charge is -2.07. The normalized spacial score (nSPS) is 10.7. The Kier molecular flexibility index (Phi) is 4.67. The van der Waals surface area contributed by atoms with Crippen molar-refractivity contribution in [2.45, 2.75) is 46.5 Å². The van der Waals surface area contributed by atoms with E-state index in [9.17, 15) is 0 Å². The van der Waals surface area contributed by atoms with Gasteiger partial charge in [0.1, 0.15) is 0 Å². The van der Waals surface area contributed by atoms with Crippen LogP contribution < -0.4 is 0 Å². The highest BCUT2D eigenvalue weighted by atomic mass is 14.8. The Morgan fingerprint density at radius 2 is 1.74 bits per heavy atom. The molecule has 0 bridgehead atoms. The van der Waals surface area contributed by atoms with Gasteiger partial charge in [0.15, 0.2) is 0 Å². The summed E-state index contributed by atoms with van der Waals surface area (Å²) in [6.45, 7) is 6.44. The summed E-state index contributed by atoms with van der Waals surface area (Å²) in [5.41, 5.74) is 5.64. The van der Waals surface area contributed by atoms with Crippen molar-refractivity contribution in [3.8, 4) is 11.4 Å². The lowest BCUT2D eigenvalue weighted by atomic mass is 10.1. The van der Waals surface area contributed by atoms with Crippen LogP contribution >= 0.6 is 0 Å². The number of rotatable bonds is 5. The van der Waals surface area contributed by atoms with E-state index in [1.165, 1.54) is 36.1 Å². The highest BCUT2D eigenvalue weighted by molar-refractivity contribution is 5.56. The fourth-order valence-electron chi connectivity index (χ4n) is 2.23.